The van der Waals surface area contributed by atoms with Crippen LogP contribution in [0.25, 0.3) is 0 Å². The maximum absolute atomic E-state index is 5.28. The fourth-order valence-electron chi connectivity index (χ4n) is 1.62. The summed E-state index contributed by atoms with van der Waals surface area (Å²) in [5.41, 5.74) is 0. The molecule has 1 aromatic rings. The smallest absolute Gasteiger partial charge is 0.232 e. The summed E-state index contributed by atoms with van der Waals surface area (Å²) in [6.45, 7) is 3.60. The van der Waals surface area contributed by atoms with Crippen LogP contribution in [0, 0.1) is 0 Å². The second kappa shape index (κ2) is 4.72. The SMILES string of the molecule is CNC(C)Cc1noc(C2CCOC2)n1. The summed E-state index contributed by atoms with van der Waals surface area (Å²) < 4.78 is 10.5. The van der Waals surface area contributed by atoms with Crippen molar-refractivity contribution in [3.63, 3.8) is 0 Å². The molecule has 1 N–H and O–H groups in total. The Hall–Kier alpha value is -0.940. The first-order valence-electron chi connectivity index (χ1n) is 5.37. The first-order valence-corrected chi connectivity index (χ1v) is 5.37. The molecule has 1 aromatic heterocycles. The summed E-state index contributed by atoms with van der Waals surface area (Å²) in [6.07, 6.45) is 1.79. The molecule has 0 bridgehead atoms. The molecule has 2 rings (SSSR count). The highest BCUT2D eigenvalue weighted by molar-refractivity contribution is 4.97. The van der Waals surface area contributed by atoms with Crippen molar-refractivity contribution in [3.8, 4) is 0 Å². The first kappa shape index (κ1) is 10.6. The van der Waals surface area contributed by atoms with Crippen LogP contribution in [0.5, 0.6) is 0 Å². The Morgan fingerprint density at radius 2 is 2.47 bits per heavy atom. The van der Waals surface area contributed by atoms with Gasteiger partial charge in [-0.25, -0.2) is 0 Å². The average molecular weight is 211 g/mol. The maximum Gasteiger partial charge on any atom is 0.232 e. The second-order valence-electron chi connectivity index (χ2n) is 4.00. The van der Waals surface area contributed by atoms with Crippen molar-refractivity contribution in [1.82, 2.24) is 15.5 Å². The summed E-state index contributed by atoms with van der Waals surface area (Å²) >= 11 is 0. The Kier molecular flexibility index (Phi) is 3.33. The Bertz CT molecular complexity index is 307. The van der Waals surface area contributed by atoms with Crippen LogP contribution >= 0.6 is 0 Å². The fraction of sp³-hybridized carbons (Fsp3) is 0.800. The molecule has 0 spiro atoms. The summed E-state index contributed by atoms with van der Waals surface area (Å²) in [5, 5.41) is 7.11. The molecule has 1 aliphatic heterocycles. The average Bonchev–Trinajstić information content (AvgIpc) is 2.85. The van der Waals surface area contributed by atoms with Gasteiger partial charge in [0.1, 0.15) is 0 Å². The van der Waals surface area contributed by atoms with Crippen LogP contribution in [0.15, 0.2) is 4.52 Å². The molecule has 5 heteroatoms. The molecule has 0 aromatic carbocycles. The monoisotopic (exact) mass is 211 g/mol. The van der Waals surface area contributed by atoms with Gasteiger partial charge < -0.3 is 14.6 Å². The van der Waals surface area contributed by atoms with E-state index in [0.29, 0.717) is 18.6 Å². The molecule has 1 fully saturated rings. The Morgan fingerprint density at radius 1 is 1.60 bits per heavy atom. The molecule has 0 saturated carbocycles. The van der Waals surface area contributed by atoms with E-state index in [0.717, 1.165) is 31.2 Å². The van der Waals surface area contributed by atoms with Gasteiger partial charge in [-0.3, -0.25) is 0 Å². The Morgan fingerprint density at radius 3 is 3.13 bits per heavy atom. The van der Waals surface area contributed by atoms with E-state index < -0.39 is 0 Å². The van der Waals surface area contributed by atoms with E-state index in [1.165, 1.54) is 0 Å². The van der Waals surface area contributed by atoms with Crippen LogP contribution in [0.2, 0.25) is 0 Å². The van der Waals surface area contributed by atoms with Gasteiger partial charge in [0.25, 0.3) is 0 Å². The number of nitrogens with one attached hydrogen (secondary N) is 1. The zero-order chi connectivity index (χ0) is 10.7. The van der Waals surface area contributed by atoms with Gasteiger partial charge in [-0.1, -0.05) is 5.16 Å². The Labute approximate surface area is 89.2 Å². The van der Waals surface area contributed by atoms with Gasteiger partial charge in [0, 0.05) is 19.1 Å². The van der Waals surface area contributed by atoms with Crippen molar-refractivity contribution in [1.29, 1.82) is 0 Å². The van der Waals surface area contributed by atoms with Crippen LogP contribution in [-0.4, -0.2) is 36.4 Å². The predicted molar refractivity (Wildman–Crippen MR) is 54.7 cm³/mol. The normalized spacial score (nSPS) is 23.2. The highest BCUT2D eigenvalue weighted by Gasteiger charge is 2.23. The van der Waals surface area contributed by atoms with Crippen molar-refractivity contribution in [2.75, 3.05) is 20.3 Å². The van der Waals surface area contributed by atoms with Gasteiger partial charge in [0.05, 0.1) is 12.5 Å². The lowest BCUT2D eigenvalue weighted by Crippen LogP contribution is -2.24. The van der Waals surface area contributed by atoms with Crippen molar-refractivity contribution < 1.29 is 9.26 Å². The standard InChI is InChI=1S/C10H17N3O2/c1-7(11-2)5-9-12-10(15-13-9)8-3-4-14-6-8/h7-8,11H,3-6H2,1-2H3. The number of ether oxygens (including phenoxy) is 1. The molecule has 84 valence electrons. The third-order valence-electron chi connectivity index (χ3n) is 2.74. The number of nitrogens with zero attached hydrogens (tertiary/aromatic N) is 2. The highest BCUT2D eigenvalue weighted by atomic mass is 16.5. The molecule has 1 saturated heterocycles. The molecule has 0 aliphatic carbocycles. The number of rotatable bonds is 4. The molecular weight excluding hydrogens is 194 g/mol. The summed E-state index contributed by atoms with van der Waals surface area (Å²) in [7, 11) is 1.93. The van der Waals surface area contributed by atoms with Crippen LogP contribution in [0.3, 0.4) is 0 Å². The van der Waals surface area contributed by atoms with Crippen LogP contribution in [0.1, 0.15) is 31.0 Å². The van der Waals surface area contributed by atoms with Crippen molar-refractivity contribution in [2.24, 2.45) is 0 Å². The van der Waals surface area contributed by atoms with E-state index in [4.69, 9.17) is 9.26 Å². The number of hydrogen-bond acceptors (Lipinski definition) is 5. The molecule has 2 unspecified atom stereocenters. The van der Waals surface area contributed by atoms with Gasteiger partial charge in [0.15, 0.2) is 5.82 Å². The Balaban J connectivity index is 1.97. The summed E-state index contributed by atoms with van der Waals surface area (Å²) in [4.78, 5) is 4.38. The van der Waals surface area contributed by atoms with Gasteiger partial charge >= 0.3 is 0 Å². The predicted octanol–water partition coefficient (Wildman–Crippen LogP) is 0.724. The third-order valence-corrected chi connectivity index (χ3v) is 2.74. The fourth-order valence-corrected chi connectivity index (χ4v) is 1.62. The topological polar surface area (TPSA) is 60.2 Å². The molecule has 0 amide bonds. The highest BCUT2D eigenvalue weighted by Crippen LogP contribution is 2.23. The largest absolute Gasteiger partial charge is 0.381 e. The number of aromatic nitrogens is 2. The lowest BCUT2D eigenvalue weighted by molar-refractivity contribution is 0.189. The molecule has 0 radical (unpaired) electrons. The van der Waals surface area contributed by atoms with E-state index in [2.05, 4.69) is 22.4 Å². The van der Waals surface area contributed by atoms with Crippen LogP contribution in [-0.2, 0) is 11.2 Å². The minimum Gasteiger partial charge on any atom is -0.381 e. The minimum absolute atomic E-state index is 0.302. The maximum atomic E-state index is 5.28. The van der Waals surface area contributed by atoms with Gasteiger partial charge in [-0.2, -0.15) is 4.98 Å². The van der Waals surface area contributed by atoms with E-state index >= 15 is 0 Å². The van der Waals surface area contributed by atoms with Crippen molar-refractivity contribution in [3.05, 3.63) is 11.7 Å². The summed E-state index contributed by atoms with van der Waals surface area (Å²) in [6, 6.07) is 0.371. The van der Waals surface area contributed by atoms with Gasteiger partial charge in [-0.15, -0.1) is 0 Å². The lowest BCUT2D eigenvalue weighted by atomic mass is 10.1. The molecule has 2 heterocycles. The zero-order valence-electron chi connectivity index (χ0n) is 9.19. The first-order chi connectivity index (χ1) is 7.29. The van der Waals surface area contributed by atoms with E-state index in [-0.39, 0.29) is 0 Å². The quantitative estimate of drug-likeness (QED) is 0.795. The van der Waals surface area contributed by atoms with E-state index in [1.807, 2.05) is 7.05 Å². The van der Waals surface area contributed by atoms with Crippen molar-refractivity contribution in [2.45, 2.75) is 31.7 Å². The van der Waals surface area contributed by atoms with Gasteiger partial charge in [-0.05, 0) is 20.4 Å². The molecule has 5 nitrogen and oxygen atoms in total. The third kappa shape index (κ3) is 2.54. The summed E-state index contributed by atoms with van der Waals surface area (Å²) in [5.74, 6) is 1.81. The molecule has 2 atom stereocenters. The lowest BCUT2D eigenvalue weighted by Gasteiger charge is -2.04. The van der Waals surface area contributed by atoms with Crippen LogP contribution in [0.4, 0.5) is 0 Å². The van der Waals surface area contributed by atoms with Gasteiger partial charge in [0.2, 0.25) is 5.89 Å². The van der Waals surface area contributed by atoms with E-state index in [1.54, 1.807) is 0 Å². The molecule has 15 heavy (non-hydrogen) atoms. The minimum atomic E-state index is 0.302. The van der Waals surface area contributed by atoms with Crippen molar-refractivity contribution >= 4 is 0 Å². The van der Waals surface area contributed by atoms with Crippen LogP contribution < -0.4 is 5.32 Å². The molecule has 1 aliphatic rings. The zero-order valence-corrected chi connectivity index (χ0v) is 9.19. The van der Waals surface area contributed by atoms with E-state index in [9.17, 15) is 0 Å². The number of likely N-dealkylation sites (N-methyl/N-ethyl adjacent to an activating group) is 1. The second-order valence-corrected chi connectivity index (χ2v) is 4.00. The number of hydrogen-bond donors (Lipinski definition) is 1. The molecular formula is C10H17N3O2.